The molecule has 0 aliphatic carbocycles. The highest BCUT2D eigenvalue weighted by atomic mass is 79.9. The number of nitrogens with one attached hydrogen (secondary N) is 1. The van der Waals surface area contributed by atoms with Crippen LogP contribution in [0.15, 0.2) is 22.8 Å². The minimum Gasteiger partial charge on any atom is -0.324 e. The van der Waals surface area contributed by atoms with Crippen molar-refractivity contribution < 1.29 is 0 Å². The van der Waals surface area contributed by atoms with Gasteiger partial charge >= 0.3 is 0 Å². The fraction of sp³-hybridized carbons (Fsp3) is 0.400. The van der Waals surface area contributed by atoms with Crippen molar-refractivity contribution in [2.45, 2.75) is 40.7 Å². The maximum absolute atomic E-state index is 4.56. The molecule has 0 spiro atoms. The van der Waals surface area contributed by atoms with Crippen LogP contribution >= 0.6 is 15.9 Å². The maximum Gasteiger partial charge on any atom is 0.207 e. The van der Waals surface area contributed by atoms with Gasteiger partial charge in [-0.2, -0.15) is 0 Å². The number of imidazole rings is 1. The first kappa shape index (κ1) is 14.1. The molecule has 0 atom stereocenters. The number of rotatable bonds is 4. The first-order valence-corrected chi connectivity index (χ1v) is 7.38. The second-order valence-corrected chi connectivity index (χ2v) is 5.82. The number of aromatic nitrogens is 2. The Morgan fingerprint density at radius 1 is 1.26 bits per heavy atom. The predicted molar refractivity (Wildman–Crippen MR) is 84.2 cm³/mol. The van der Waals surface area contributed by atoms with Crippen LogP contribution in [0.3, 0.4) is 0 Å². The molecular formula is C15H20BrN3. The number of halogens is 1. The van der Waals surface area contributed by atoms with Gasteiger partial charge < -0.3 is 9.88 Å². The van der Waals surface area contributed by atoms with Crippen LogP contribution in [0.4, 0.5) is 11.6 Å². The van der Waals surface area contributed by atoms with E-state index in [1.54, 1.807) is 0 Å². The first-order chi connectivity index (χ1) is 9.01. The van der Waals surface area contributed by atoms with Gasteiger partial charge in [-0.05, 0) is 60.3 Å². The van der Waals surface area contributed by atoms with E-state index in [2.05, 4.69) is 69.9 Å². The molecule has 19 heavy (non-hydrogen) atoms. The number of hydrogen-bond donors (Lipinski definition) is 1. The lowest BCUT2D eigenvalue weighted by atomic mass is 10.1. The van der Waals surface area contributed by atoms with Gasteiger partial charge in [0.15, 0.2) is 0 Å². The molecule has 0 saturated carbocycles. The van der Waals surface area contributed by atoms with Gasteiger partial charge in [0.2, 0.25) is 5.95 Å². The molecule has 102 valence electrons. The molecule has 1 heterocycles. The van der Waals surface area contributed by atoms with E-state index in [4.69, 9.17) is 0 Å². The molecule has 0 unspecified atom stereocenters. The summed E-state index contributed by atoms with van der Waals surface area (Å²) in [6.07, 6.45) is 3.18. The molecule has 0 aliphatic heterocycles. The molecule has 0 amide bonds. The topological polar surface area (TPSA) is 29.9 Å². The normalized spacial score (nSPS) is 10.8. The predicted octanol–water partition coefficient (Wildman–Crippen LogP) is 4.72. The van der Waals surface area contributed by atoms with Gasteiger partial charge in [0, 0.05) is 17.2 Å². The lowest BCUT2D eigenvalue weighted by Crippen LogP contribution is -2.04. The van der Waals surface area contributed by atoms with Crippen molar-refractivity contribution in [3.05, 3.63) is 39.6 Å². The van der Waals surface area contributed by atoms with Gasteiger partial charge in [0.1, 0.15) is 0 Å². The monoisotopic (exact) mass is 321 g/mol. The van der Waals surface area contributed by atoms with Crippen LogP contribution in [-0.2, 0) is 6.54 Å². The molecule has 0 radical (unpaired) electrons. The quantitative estimate of drug-likeness (QED) is 0.882. The van der Waals surface area contributed by atoms with E-state index in [0.29, 0.717) is 0 Å². The van der Waals surface area contributed by atoms with Crippen molar-refractivity contribution in [3.8, 4) is 0 Å². The van der Waals surface area contributed by atoms with Crippen molar-refractivity contribution in [1.29, 1.82) is 0 Å². The summed E-state index contributed by atoms with van der Waals surface area (Å²) in [7, 11) is 0. The van der Waals surface area contributed by atoms with Crippen LogP contribution in [0.2, 0.25) is 0 Å². The van der Waals surface area contributed by atoms with E-state index < -0.39 is 0 Å². The second kappa shape index (κ2) is 5.78. The van der Waals surface area contributed by atoms with E-state index in [1.165, 1.54) is 11.1 Å². The SMILES string of the molecule is CCCn1cc(C)nc1Nc1c(C)cc(C)cc1Br. The Morgan fingerprint density at radius 3 is 2.63 bits per heavy atom. The molecular weight excluding hydrogens is 302 g/mol. The Kier molecular flexibility index (Phi) is 4.30. The number of hydrogen-bond acceptors (Lipinski definition) is 2. The third-order valence-corrected chi connectivity index (χ3v) is 3.66. The summed E-state index contributed by atoms with van der Waals surface area (Å²) in [5.41, 5.74) is 4.60. The Hall–Kier alpha value is -1.29. The smallest absolute Gasteiger partial charge is 0.207 e. The molecule has 1 aromatic carbocycles. The van der Waals surface area contributed by atoms with E-state index >= 15 is 0 Å². The zero-order chi connectivity index (χ0) is 14.0. The maximum atomic E-state index is 4.56. The summed E-state index contributed by atoms with van der Waals surface area (Å²) in [5, 5.41) is 3.45. The van der Waals surface area contributed by atoms with E-state index in [0.717, 1.165) is 34.8 Å². The number of aryl methyl sites for hydroxylation is 4. The van der Waals surface area contributed by atoms with Gasteiger partial charge in [0.05, 0.1) is 11.4 Å². The van der Waals surface area contributed by atoms with Crippen molar-refractivity contribution in [2.75, 3.05) is 5.32 Å². The van der Waals surface area contributed by atoms with Gasteiger partial charge in [-0.3, -0.25) is 0 Å². The van der Waals surface area contributed by atoms with Crippen LogP contribution in [0.5, 0.6) is 0 Å². The highest BCUT2D eigenvalue weighted by molar-refractivity contribution is 9.10. The minimum atomic E-state index is 0.909. The average molecular weight is 322 g/mol. The molecule has 0 fully saturated rings. The Bertz CT molecular complexity index is 564. The number of benzene rings is 1. The third kappa shape index (κ3) is 3.18. The molecule has 0 aliphatic rings. The lowest BCUT2D eigenvalue weighted by Gasteiger charge is -2.13. The molecule has 0 bridgehead atoms. The van der Waals surface area contributed by atoms with E-state index in [-0.39, 0.29) is 0 Å². The molecule has 2 aromatic rings. The van der Waals surface area contributed by atoms with Crippen molar-refractivity contribution >= 4 is 27.6 Å². The van der Waals surface area contributed by atoms with Gasteiger partial charge in [0.25, 0.3) is 0 Å². The van der Waals surface area contributed by atoms with Crippen LogP contribution in [-0.4, -0.2) is 9.55 Å². The van der Waals surface area contributed by atoms with Crippen LogP contribution < -0.4 is 5.32 Å². The Labute approximate surface area is 123 Å². The molecule has 0 saturated heterocycles. The van der Waals surface area contributed by atoms with E-state index in [9.17, 15) is 0 Å². The van der Waals surface area contributed by atoms with Crippen molar-refractivity contribution in [1.82, 2.24) is 9.55 Å². The molecule has 1 aromatic heterocycles. The zero-order valence-electron chi connectivity index (χ0n) is 11.9. The summed E-state index contributed by atoms with van der Waals surface area (Å²) in [6, 6.07) is 4.29. The molecule has 3 nitrogen and oxygen atoms in total. The van der Waals surface area contributed by atoms with Crippen molar-refractivity contribution in [3.63, 3.8) is 0 Å². The summed E-state index contributed by atoms with van der Waals surface area (Å²) in [6.45, 7) is 9.38. The van der Waals surface area contributed by atoms with Crippen LogP contribution in [0.1, 0.15) is 30.2 Å². The second-order valence-electron chi connectivity index (χ2n) is 4.96. The average Bonchev–Trinajstić information content (AvgIpc) is 2.64. The van der Waals surface area contributed by atoms with Crippen LogP contribution in [0, 0.1) is 20.8 Å². The standard InChI is InChI=1S/C15H20BrN3/c1-5-6-19-9-12(4)17-15(19)18-14-11(3)7-10(2)8-13(14)16/h7-9H,5-6H2,1-4H3,(H,17,18). The zero-order valence-corrected chi connectivity index (χ0v) is 13.5. The van der Waals surface area contributed by atoms with Gasteiger partial charge in [-0.15, -0.1) is 0 Å². The third-order valence-electron chi connectivity index (χ3n) is 3.03. The van der Waals surface area contributed by atoms with Gasteiger partial charge in [-0.1, -0.05) is 13.0 Å². The number of nitrogens with zero attached hydrogens (tertiary/aromatic N) is 2. The minimum absolute atomic E-state index is 0.909. The molecule has 2 rings (SSSR count). The largest absolute Gasteiger partial charge is 0.324 e. The highest BCUT2D eigenvalue weighted by Crippen LogP contribution is 2.30. The summed E-state index contributed by atoms with van der Waals surface area (Å²) >= 11 is 3.63. The first-order valence-electron chi connectivity index (χ1n) is 6.58. The molecule has 1 N–H and O–H groups in total. The molecule has 4 heteroatoms. The Morgan fingerprint density at radius 2 is 2.00 bits per heavy atom. The fourth-order valence-corrected chi connectivity index (χ4v) is 3.02. The van der Waals surface area contributed by atoms with E-state index in [1.807, 2.05) is 6.92 Å². The summed E-state index contributed by atoms with van der Waals surface area (Å²) in [5.74, 6) is 0.909. The fourth-order valence-electron chi connectivity index (χ4n) is 2.24. The lowest BCUT2D eigenvalue weighted by molar-refractivity contribution is 0.686. The highest BCUT2D eigenvalue weighted by Gasteiger charge is 2.10. The van der Waals surface area contributed by atoms with Crippen LogP contribution in [0.25, 0.3) is 0 Å². The number of anilines is 2. The Balaban J connectivity index is 2.36. The summed E-state index contributed by atoms with van der Waals surface area (Å²) < 4.78 is 3.25. The summed E-state index contributed by atoms with van der Waals surface area (Å²) in [4.78, 5) is 4.56. The van der Waals surface area contributed by atoms with Gasteiger partial charge in [-0.25, -0.2) is 4.98 Å². The van der Waals surface area contributed by atoms with Crippen molar-refractivity contribution in [2.24, 2.45) is 0 Å².